The molecule has 0 aliphatic carbocycles. The zero-order valence-electron chi connectivity index (χ0n) is 11.5. The van der Waals surface area contributed by atoms with E-state index in [2.05, 4.69) is 10.3 Å². The Kier molecular flexibility index (Phi) is 4.40. The van der Waals surface area contributed by atoms with Crippen LogP contribution in [0.1, 0.15) is 57.4 Å². The van der Waals surface area contributed by atoms with Gasteiger partial charge < -0.3 is 9.73 Å². The number of hydrogen-bond donors (Lipinski definition) is 1. The summed E-state index contributed by atoms with van der Waals surface area (Å²) in [5.74, 6) is -0.0370. The third-order valence-electron chi connectivity index (χ3n) is 2.38. The number of aromatic nitrogens is 1. The summed E-state index contributed by atoms with van der Waals surface area (Å²) in [6, 6.07) is 0.267. The molecular formula is C13H20N2O3. The Balaban J connectivity index is 2.85. The van der Waals surface area contributed by atoms with E-state index < -0.39 is 5.54 Å². The van der Waals surface area contributed by atoms with Crippen molar-refractivity contribution in [2.75, 3.05) is 0 Å². The highest BCUT2D eigenvalue weighted by Gasteiger charge is 2.28. The Hall–Kier alpha value is -1.49. The number of oxazole rings is 1. The summed E-state index contributed by atoms with van der Waals surface area (Å²) in [5, 5.41) is 3.29. The lowest BCUT2D eigenvalue weighted by molar-refractivity contribution is -0.116. The van der Waals surface area contributed by atoms with Crippen LogP contribution in [0.3, 0.4) is 0 Å². The average Bonchev–Trinajstić information content (AvgIpc) is 2.62. The van der Waals surface area contributed by atoms with Crippen LogP contribution in [-0.4, -0.2) is 22.6 Å². The molecule has 0 spiro atoms. The molecule has 100 valence electrons. The highest BCUT2D eigenvalue weighted by molar-refractivity contribution is 6.06. The van der Waals surface area contributed by atoms with Crippen LogP contribution in [0.4, 0.5) is 0 Å². The van der Waals surface area contributed by atoms with Crippen LogP contribution in [-0.2, 0) is 10.3 Å². The summed E-state index contributed by atoms with van der Waals surface area (Å²) in [7, 11) is 0. The highest BCUT2D eigenvalue weighted by atomic mass is 16.3. The number of nitrogens with zero attached hydrogens (tertiary/aromatic N) is 1. The largest absolute Gasteiger partial charge is 0.446 e. The van der Waals surface area contributed by atoms with Gasteiger partial charge in [-0.2, -0.15) is 0 Å². The van der Waals surface area contributed by atoms with E-state index in [4.69, 9.17) is 4.42 Å². The van der Waals surface area contributed by atoms with Crippen LogP contribution >= 0.6 is 0 Å². The van der Waals surface area contributed by atoms with Crippen LogP contribution < -0.4 is 5.32 Å². The van der Waals surface area contributed by atoms with Gasteiger partial charge in [0.05, 0.1) is 12.0 Å². The lowest BCUT2D eigenvalue weighted by Crippen LogP contribution is -2.41. The predicted molar refractivity (Wildman–Crippen MR) is 67.4 cm³/mol. The van der Waals surface area contributed by atoms with E-state index in [9.17, 15) is 9.59 Å². The summed E-state index contributed by atoms with van der Waals surface area (Å²) in [6.45, 7) is 9.28. The first kappa shape index (κ1) is 14.6. The molecule has 0 bridgehead atoms. The molecule has 0 aliphatic rings. The average molecular weight is 252 g/mol. The number of ketones is 2. The number of carbonyl (C=O) groups excluding carboxylic acids is 2. The smallest absolute Gasteiger partial charge is 0.214 e. The summed E-state index contributed by atoms with van der Waals surface area (Å²) in [6.07, 6.45) is 1.17. The van der Waals surface area contributed by atoms with Gasteiger partial charge in [0.15, 0.2) is 5.78 Å². The first-order valence-corrected chi connectivity index (χ1v) is 5.98. The van der Waals surface area contributed by atoms with Crippen molar-refractivity contribution in [1.29, 1.82) is 0 Å². The summed E-state index contributed by atoms with van der Waals surface area (Å²) in [5.41, 5.74) is -0.248. The van der Waals surface area contributed by atoms with E-state index in [-0.39, 0.29) is 29.7 Å². The van der Waals surface area contributed by atoms with E-state index >= 15 is 0 Å². The van der Waals surface area contributed by atoms with Crippen molar-refractivity contribution in [2.24, 2.45) is 0 Å². The van der Waals surface area contributed by atoms with Gasteiger partial charge in [-0.15, -0.1) is 0 Å². The molecule has 0 fully saturated rings. The first-order valence-electron chi connectivity index (χ1n) is 5.98. The van der Waals surface area contributed by atoms with Crippen LogP contribution in [0.2, 0.25) is 0 Å². The fraction of sp³-hybridized carbons (Fsp3) is 0.615. The van der Waals surface area contributed by atoms with Crippen molar-refractivity contribution in [1.82, 2.24) is 10.3 Å². The minimum absolute atomic E-state index is 0.135. The molecule has 0 aromatic carbocycles. The maximum atomic E-state index is 11.7. The van der Waals surface area contributed by atoms with Crippen LogP contribution in [0.5, 0.6) is 0 Å². The lowest BCUT2D eigenvalue weighted by atomic mass is 10.0. The maximum absolute atomic E-state index is 11.7. The molecule has 0 amide bonds. The van der Waals surface area contributed by atoms with Gasteiger partial charge in [0.2, 0.25) is 5.89 Å². The second kappa shape index (κ2) is 5.44. The minimum Gasteiger partial charge on any atom is -0.446 e. The quantitative estimate of drug-likeness (QED) is 0.620. The number of hydrogen-bond acceptors (Lipinski definition) is 5. The fourth-order valence-corrected chi connectivity index (χ4v) is 1.79. The molecular weight excluding hydrogens is 232 g/mol. The van der Waals surface area contributed by atoms with E-state index in [1.165, 1.54) is 13.2 Å². The van der Waals surface area contributed by atoms with Gasteiger partial charge in [0.1, 0.15) is 17.7 Å². The highest BCUT2D eigenvalue weighted by Crippen LogP contribution is 2.20. The lowest BCUT2D eigenvalue weighted by Gasteiger charge is -2.25. The standard InChI is InChI=1S/C13H20N2O3/c1-8(2)15-13(4,5)12-14-10(7-18-12)11(17)6-9(3)16/h7-8,15H,6H2,1-5H3. The van der Waals surface area contributed by atoms with Gasteiger partial charge in [0, 0.05) is 6.04 Å². The summed E-state index contributed by atoms with van der Waals surface area (Å²) >= 11 is 0. The number of rotatable bonds is 6. The Labute approximate surface area is 107 Å². The van der Waals surface area contributed by atoms with Crippen molar-refractivity contribution in [3.8, 4) is 0 Å². The van der Waals surface area contributed by atoms with Gasteiger partial charge in [-0.3, -0.25) is 9.59 Å². The van der Waals surface area contributed by atoms with Crippen molar-refractivity contribution in [2.45, 2.75) is 52.6 Å². The second-order valence-electron chi connectivity index (χ2n) is 5.26. The maximum Gasteiger partial charge on any atom is 0.214 e. The van der Waals surface area contributed by atoms with Gasteiger partial charge in [-0.1, -0.05) is 0 Å². The van der Waals surface area contributed by atoms with E-state index in [1.54, 1.807) is 0 Å². The molecule has 5 nitrogen and oxygen atoms in total. The molecule has 0 unspecified atom stereocenters. The van der Waals surface area contributed by atoms with E-state index in [0.717, 1.165) is 0 Å². The Morgan fingerprint density at radius 2 is 2.06 bits per heavy atom. The van der Waals surface area contributed by atoms with Crippen LogP contribution in [0, 0.1) is 0 Å². The Morgan fingerprint density at radius 1 is 1.44 bits per heavy atom. The molecule has 0 radical (unpaired) electrons. The van der Waals surface area contributed by atoms with Crippen molar-refractivity contribution < 1.29 is 14.0 Å². The normalized spacial score (nSPS) is 11.9. The molecule has 1 rings (SSSR count). The molecule has 1 aromatic heterocycles. The summed E-state index contributed by atoms with van der Waals surface area (Å²) < 4.78 is 5.33. The Morgan fingerprint density at radius 3 is 2.56 bits per heavy atom. The van der Waals surface area contributed by atoms with Crippen LogP contribution in [0.15, 0.2) is 10.7 Å². The fourth-order valence-electron chi connectivity index (χ4n) is 1.79. The molecule has 1 N–H and O–H groups in total. The van der Waals surface area contributed by atoms with Gasteiger partial charge in [-0.25, -0.2) is 4.98 Å². The second-order valence-corrected chi connectivity index (χ2v) is 5.26. The number of nitrogens with one attached hydrogen (secondary N) is 1. The zero-order valence-corrected chi connectivity index (χ0v) is 11.5. The van der Waals surface area contributed by atoms with Crippen molar-refractivity contribution in [3.63, 3.8) is 0 Å². The van der Waals surface area contributed by atoms with Gasteiger partial charge >= 0.3 is 0 Å². The molecule has 1 aromatic rings. The Bertz CT molecular complexity index is 447. The molecule has 1 heterocycles. The molecule has 0 saturated carbocycles. The van der Waals surface area contributed by atoms with Gasteiger partial charge in [-0.05, 0) is 34.6 Å². The summed E-state index contributed by atoms with van der Waals surface area (Å²) in [4.78, 5) is 26.7. The zero-order chi connectivity index (χ0) is 13.9. The first-order chi connectivity index (χ1) is 8.22. The molecule has 5 heteroatoms. The monoisotopic (exact) mass is 252 g/mol. The molecule has 0 saturated heterocycles. The molecule has 18 heavy (non-hydrogen) atoms. The van der Waals surface area contributed by atoms with Gasteiger partial charge in [0.25, 0.3) is 0 Å². The van der Waals surface area contributed by atoms with Crippen molar-refractivity contribution in [3.05, 3.63) is 17.8 Å². The minimum atomic E-state index is -0.455. The third-order valence-corrected chi connectivity index (χ3v) is 2.38. The third kappa shape index (κ3) is 3.77. The molecule has 0 atom stereocenters. The topological polar surface area (TPSA) is 72.2 Å². The SMILES string of the molecule is CC(=O)CC(=O)c1coc(C(C)(C)NC(C)C)n1. The van der Waals surface area contributed by atoms with E-state index in [1.807, 2.05) is 27.7 Å². The number of Topliss-reactive ketones (excluding diaryl/α,β-unsaturated/α-hetero) is 2. The van der Waals surface area contributed by atoms with E-state index in [0.29, 0.717) is 5.89 Å². The van der Waals surface area contributed by atoms with Crippen LogP contribution in [0.25, 0.3) is 0 Å². The predicted octanol–water partition coefficient (Wildman–Crippen LogP) is 2.07. The number of carbonyl (C=O) groups is 2. The molecule has 0 aliphatic heterocycles. The van der Waals surface area contributed by atoms with Crippen molar-refractivity contribution >= 4 is 11.6 Å².